The summed E-state index contributed by atoms with van der Waals surface area (Å²) in [5.41, 5.74) is 0. The molecule has 324 valence electrons. The first-order valence-corrected chi connectivity index (χ1v) is 17.3. The van der Waals surface area contributed by atoms with E-state index in [9.17, 15) is 85.6 Å². The second-order valence-corrected chi connectivity index (χ2v) is 13.7. The number of amides is 2. The van der Waals surface area contributed by atoms with Crippen molar-refractivity contribution in [2.24, 2.45) is 0 Å². The van der Waals surface area contributed by atoms with Gasteiger partial charge in [-0.1, -0.05) is 0 Å². The average Bonchev–Trinajstić information content (AvgIpc) is 3.15. The van der Waals surface area contributed by atoms with Crippen LogP contribution in [0.3, 0.4) is 0 Å². The van der Waals surface area contributed by atoms with Gasteiger partial charge in [0.1, 0.15) is 91.7 Å². The van der Waals surface area contributed by atoms with Crippen LogP contribution in [0.15, 0.2) is 0 Å². The van der Waals surface area contributed by atoms with Crippen LogP contribution in [0.5, 0.6) is 0 Å². The molecule has 25 nitrogen and oxygen atoms in total. The maximum Gasteiger partial charge on any atom is 0.364 e. The zero-order valence-electron chi connectivity index (χ0n) is 30.3. The van der Waals surface area contributed by atoms with E-state index in [1.54, 1.807) is 0 Å². The first kappa shape index (κ1) is 47.7. The number of hydrogen-bond acceptors (Lipinski definition) is 22. The van der Waals surface area contributed by atoms with Crippen LogP contribution in [0.4, 0.5) is 0 Å². The number of carbonyl (C=O) groups is 4. The standard InChI is InChI=1S/C31H52N2O23/c1-9-18(43)21(46)22(47)28(51-9)53-24(12(5-34)32-10(2)38)25(15(42)7-36)54-29-23(48)27(20(45)16(8-37)52-29)56-31(30(49)50)4-13(40)17(33-11(3)39)26(55-31)19(44)14(41)6-35/h5,9,12-29,35-37,40-48H,4,6-8H2,1-3H3,(H,32,38)(H,33,39)(H,49,50). The summed E-state index contributed by atoms with van der Waals surface area (Å²) in [5, 5.41) is 141. The van der Waals surface area contributed by atoms with Crippen LogP contribution in [-0.4, -0.2) is 232 Å². The van der Waals surface area contributed by atoms with Crippen LogP contribution >= 0.6 is 0 Å². The molecule has 0 saturated carbocycles. The fraction of sp³-hybridized carbons (Fsp3) is 0.871. The van der Waals surface area contributed by atoms with Crippen molar-refractivity contribution in [3.63, 3.8) is 0 Å². The number of aliphatic carboxylic acids is 1. The average molecular weight is 821 g/mol. The van der Waals surface area contributed by atoms with Gasteiger partial charge >= 0.3 is 5.97 Å². The third kappa shape index (κ3) is 10.7. The van der Waals surface area contributed by atoms with Gasteiger partial charge in [0.2, 0.25) is 11.8 Å². The summed E-state index contributed by atoms with van der Waals surface area (Å²) in [6.45, 7) is -0.175. The van der Waals surface area contributed by atoms with Crippen LogP contribution in [0.2, 0.25) is 0 Å². The van der Waals surface area contributed by atoms with Gasteiger partial charge in [0.05, 0.1) is 38.1 Å². The van der Waals surface area contributed by atoms with E-state index in [4.69, 9.17) is 28.4 Å². The lowest BCUT2D eigenvalue weighted by atomic mass is 9.88. The smallest absolute Gasteiger partial charge is 0.364 e. The molecule has 0 radical (unpaired) electrons. The molecular formula is C31H52N2O23. The van der Waals surface area contributed by atoms with E-state index >= 15 is 0 Å². The second kappa shape index (κ2) is 20.4. The highest BCUT2D eigenvalue weighted by Crippen LogP contribution is 2.38. The molecule has 56 heavy (non-hydrogen) atoms. The number of ether oxygens (including phenoxy) is 6. The minimum Gasteiger partial charge on any atom is -0.477 e. The molecule has 25 heteroatoms. The highest BCUT2D eigenvalue weighted by atomic mass is 16.8. The molecule has 3 fully saturated rings. The van der Waals surface area contributed by atoms with Gasteiger partial charge in [-0.05, 0) is 6.92 Å². The summed E-state index contributed by atoms with van der Waals surface area (Å²) in [4.78, 5) is 49.1. The molecule has 15 N–H and O–H groups in total. The highest BCUT2D eigenvalue weighted by molar-refractivity contribution is 5.78. The number of aldehydes is 1. The molecule has 0 bridgehead atoms. The Morgan fingerprint density at radius 2 is 1.41 bits per heavy atom. The molecule has 20 unspecified atom stereocenters. The van der Waals surface area contributed by atoms with Crippen molar-refractivity contribution in [2.45, 2.75) is 149 Å². The third-order valence-corrected chi connectivity index (χ3v) is 9.49. The Morgan fingerprint density at radius 3 is 1.93 bits per heavy atom. The first-order chi connectivity index (χ1) is 26.2. The minimum atomic E-state index is -3.16. The summed E-state index contributed by atoms with van der Waals surface area (Å²) in [7, 11) is 0. The van der Waals surface area contributed by atoms with Gasteiger partial charge in [-0.15, -0.1) is 0 Å². The number of nitrogens with one attached hydrogen (secondary N) is 2. The number of aliphatic hydroxyl groups excluding tert-OH is 12. The third-order valence-electron chi connectivity index (χ3n) is 9.49. The number of carbonyl (C=O) groups excluding carboxylic acids is 3. The van der Waals surface area contributed by atoms with Crippen LogP contribution in [0.1, 0.15) is 27.2 Å². The van der Waals surface area contributed by atoms with Crippen molar-refractivity contribution in [3.8, 4) is 0 Å². The lowest BCUT2D eigenvalue weighted by molar-refractivity contribution is -0.380. The minimum absolute atomic E-state index is 0.0793. The Hall–Kier alpha value is -2.64. The van der Waals surface area contributed by atoms with E-state index in [2.05, 4.69) is 10.6 Å². The summed E-state index contributed by atoms with van der Waals surface area (Å²) < 4.78 is 33.5. The van der Waals surface area contributed by atoms with Crippen molar-refractivity contribution < 1.29 is 114 Å². The van der Waals surface area contributed by atoms with Gasteiger partial charge in [0, 0.05) is 20.3 Å². The number of carboxylic acid groups (broad SMARTS) is 1. The van der Waals surface area contributed by atoms with E-state index in [-0.39, 0.29) is 6.29 Å². The van der Waals surface area contributed by atoms with E-state index in [0.29, 0.717) is 0 Å². The lowest BCUT2D eigenvalue weighted by Gasteiger charge is -2.50. The van der Waals surface area contributed by atoms with Gasteiger partial charge in [-0.3, -0.25) is 9.59 Å². The molecule has 2 amide bonds. The number of aliphatic hydroxyl groups is 12. The Labute approximate surface area is 317 Å². The van der Waals surface area contributed by atoms with Gasteiger partial charge in [0.15, 0.2) is 12.6 Å². The fourth-order valence-electron chi connectivity index (χ4n) is 6.49. The molecule has 0 spiro atoms. The summed E-state index contributed by atoms with van der Waals surface area (Å²) in [6, 6.07) is -3.47. The quantitative estimate of drug-likeness (QED) is 0.0571. The van der Waals surface area contributed by atoms with Crippen molar-refractivity contribution in [2.75, 3.05) is 19.8 Å². The van der Waals surface area contributed by atoms with Crippen LogP contribution < -0.4 is 10.6 Å². The normalized spacial score (nSPS) is 39.7. The maximum absolute atomic E-state index is 12.8. The van der Waals surface area contributed by atoms with E-state index in [0.717, 1.165) is 13.8 Å². The molecule has 3 aliphatic rings. The fourth-order valence-corrected chi connectivity index (χ4v) is 6.49. The molecule has 3 rings (SSSR count). The molecule has 3 aliphatic heterocycles. The molecule has 0 aromatic heterocycles. The molecule has 20 atom stereocenters. The monoisotopic (exact) mass is 820 g/mol. The van der Waals surface area contributed by atoms with Crippen molar-refractivity contribution in [1.29, 1.82) is 0 Å². The van der Waals surface area contributed by atoms with E-state index in [1.807, 2.05) is 0 Å². The number of carboxylic acids is 1. The van der Waals surface area contributed by atoms with Crippen LogP contribution in [0, 0.1) is 0 Å². The Morgan fingerprint density at radius 1 is 0.821 bits per heavy atom. The van der Waals surface area contributed by atoms with Gasteiger partial charge in [-0.2, -0.15) is 0 Å². The van der Waals surface area contributed by atoms with Crippen molar-refractivity contribution >= 4 is 24.1 Å². The van der Waals surface area contributed by atoms with Crippen LogP contribution in [0.25, 0.3) is 0 Å². The largest absolute Gasteiger partial charge is 0.477 e. The second-order valence-electron chi connectivity index (χ2n) is 13.7. The predicted octanol–water partition coefficient (Wildman–Crippen LogP) is -9.39. The van der Waals surface area contributed by atoms with Gasteiger partial charge in [-0.25, -0.2) is 4.79 Å². The molecule has 3 saturated heterocycles. The summed E-state index contributed by atoms with van der Waals surface area (Å²) in [6.07, 6.45) is -35.3. The molecule has 0 aromatic rings. The Bertz CT molecular complexity index is 1320. The zero-order valence-corrected chi connectivity index (χ0v) is 30.3. The molecule has 3 heterocycles. The molecule has 0 aromatic carbocycles. The topological polar surface area (TPSA) is 411 Å². The summed E-state index contributed by atoms with van der Waals surface area (Å²) >= 11 is 0. The predicted molar refractivity (Wildman–Crippen MR) is 174 cm³/mol. The van der Waals surface area contributed by atoms with Gasteiger partial charge in [0.25, 0.3) is 5.79 Å². The van der Waals surface area contributed by atoms with Crippen molar-refractivity contribution in [3.05, 3.63) is 0 Å². The highest BCUT2D eigenvalue weighted by Gasteiger charge is 2.60. The van der Waals surface area contributed by atoms with E-state index in [1.165, 1.54) is 6.92 Å². The SMILES string of the molecule is CC(=O)NC(C=O)C(OC1OC(C)C(O)C(O)C1O)C(OC1OC(CO)C(O)C(OC2(C(=O)O)CC(O)C(NC(C)=O)C(C(O)C(O)CO)O2)C1O)C(O)CO. The molecular weight excluding hydrogens is 768 g/mol. The first-order valence-electron chi connectivity index (χ1n) is 17.3. The van der Waals surface area contributed by atoms with Gasteiger partial charge < -0.3 is 110 Å². The maximum atomic E-state index is 12.8. The Balaban J connectivity index is 2.06. The number of hydrogen-bond donors (Lipinski definition) is 15. The zero-order chi connectivity index (χ0) is 42.4. The summed E-state index contributed by atoms with van der Waals surface area (Å²) in [5.74, 6) is -6.89. The van der Waals surface area contributed by atoms with Crippen LogP contribution in [-0.2, 0) is 47.6 Å². The lowest BCUT2D eigenvalue weighted by Crippen LogP contribution is -2.70. The van der Waals surface area contributed by atoms with Crippen molar-refractivity contribution in [1.82, 2.24) is 10.6 Å². The number of rotatable bonds is 18. The Kier molecular flexibility index (Phi) is 17.4. The van der Waals surface area contributed by atoms with E-state index < -0.39 is 166 Å². The molecule has 0 aliphatic carbocycles.